The van der Waals surface area contributed by atoms with Crippen LogP contribution in [0.5, 0.6) is 0 Å². The van der Waals surface area contributed by atoms with Gasteiger partial charge in [0.25, 0.3) is 0 Å². The highest BCUT2D eigenvalue weighted by molar-refractivity contribution is 5.83. The number of nitrogens with zero attached hydrogens (tertiary/aromatic N) is 1. The molecule has 0 aliphatic carbocycles. The first-order chi connectivity index (χ1) is 12.7. The van der Waals surface area contributed by atoms with Gasteiger partial charge in [-0.25, -0.2) is 4.79 Å². The summed E-state index contributed by atoms with van der Waals surface area (Å²) in [4.78, 5) is 11.9. The first kappa shape index (κ1) is 17.5. The lowest BCUT2D eigenvalue weighted by molar-refractivity contribution is 0.173. The van der Waals surface area contributed by atoms with E-state index in [1.54, 1.807) is 24.3 Å². The van der Waals surface area contributed by atoms with E-state index in [4.69, 9.17) is 5.26 Å². The van der Waals surface area contributed by atoms with Crippen LogP contribution in [0.3, 0.4) is 0 Å². The minimum absolute atomic E-state index is 0.123. The summed E-state index contributed by atoms with van der Waals surface area (Å²) >= 11 is 0. The van der Waals surface area contributed by atoms with Gasteiger partial charge < -0.3 is 15.7 Å². The molecule has 0 bridgehead atoms. The number of hydrogen-bond donors (Lipinski definition) is 3. The smallest absolute Gasteiger partial charge is 0.315 e. The molecule has 0 aliphatic rings. The molecule has 0 aliphatic heterocycles. The molecule has 3 aromatic carbocycles. The molecule has 0 aromatic heterocycles. The van der Waals surface area contributed by atoms with Gasteiger partial charge in [0, 0.05) is 13.1 Å². The highest BCUT2D eigenvalue weighted by Gasteiger charge is 2.10. The lowest BCUT2D eigenvalue weighted by atomic mass is 10.0. The van der Waals surface area contributed by atoms with Crippen LogP contribution in [0, 0.1) is 11.3 Å². The van der Waals surface area contributed by atoms with Crippen LogP contribution < -0.4 is 10.6 Å². The Morgan fingerprint density at radius 3 is 2.46 bits per heavy atom. The largest absolute Gasteiger partial charge is 0.387 e. The molecular weight excluding hydrogens is 326 g/mol. The van der Waals surface area contributed by atoms with Gasteiger partial charge in [-0.2, -0.15) is 5.26 Å². The Morgan fingerprint density at radius 1 is 1.00 bits per heavy atom. The molecular formula is C21H19N3O2. The van der Waals surface area contributed by atoms with Gasteiger partial charge >= 0.3 is 6.03 Å². The number of amides is 2. The molecule has 3 aromatic rings. The average molecular weight is 345 g/mol. The normalized spacial score (nSPS) is 11.5. The van der Waals surface area contributed by atoms with Crippen molar-refractivity contribution < 1.29 is 9.90 Å². The van der Waals surface area contributed by atoms with Crippen molar-refractivity contribution in [1.29, 1.82) is 5.26 Å². The number of carbonyl (C=O) groups excluding carboxylic acids is 1. The summed E-state index contributed by atoms with van der Waals surface area (Å²) in [5.41, 5.74) is 2.24. The number of nitriles is 1. The van der Waals surface area contributed by atoms with E-state index in [1.165, 1.54) is 0 Å². The standard InChI is InChI=1S/C21H19N3O2/c22-12-15-5-7-16(8-6-15)13-23-21(26)24-14-20(25)19-10-9-17-3-1-2-4-18(17)11-19/h1-11,20,25H,13-14H2,(H2,23,24,26). The molecule has 0 heterocycles. The molecule has 5 nitrogen and oxygen atoms in total. The van der Waals surface area contributed by atoms with Crippen LogP contribution in [0.4, 0.5) is 4.79 Å². The third-order valence-corrected chi connectivity index (χ3v) is 4.15. The second-order valence-electron chi connectivity index (χ2n) is 5.99. The molecule has 0 spiro atoms. The van der Waals surface area contributed by atoms with Crippen LogP contribution in [0.25, 0.3) is 10.8 Å². The van der Waals surface area contributed by atoms with E-state index in [0.717, 1.165) is 21.9 Å². The maximum Gasteiger partial charge on any atom is 0.315 e. The van der Waals surface area contributed by atoms with Gasteiger partial charge in [-0.15, -0.1) is 0 Å². The third kappa shape index (κ3) is 4.38. The summed E-state index contributed by atoms with van der Waals surface area (Å²) in [5, 5.41) is 26.6. The minimum atomic E-state index is -0.778. The predicted molar refractivity (Wildman–Crippen MR) is 100 cm³/mol. The third-order valence-electron chi connectivity index (χ3n) is 4.15. The van der Waals surface area contributed by atoms with E-state index in [1.807, 2.05) is 42.5 Å². The summed E-state index contributed by atoms with van der Waals surface area (Å²) in [6.07, 6.45) is -0.778. The first-order valence-electron chi connectivity index (χ1n) is 8.33. The molecule has 3 rings (SSSR count). The minimum Gasteiger partial charge on any atom is -0.387 e. The van der Waals surface area contributed by atoms with Gasteiger partial charge in [0.15, 0.2) is 0 Å². The number of fused-ring (bicyclic) bond motifs is 1. The van der Waals surface area contributed by atoms with Gasteiger partial charge in [-0.1, -0.05) is 48.5 Å². The van der Waals surface area contributed by atoms with E-state index in [9.17, 15) is 9.90 Å². The van der Waals surface area contributed by atoms with Crippen molar-refractivity contribution in [3.8, 4) is 6.07 Å². The lowest BCUT2D eigenvalue weighted by Crippen LogP contribution is -2.37. The monoisotopic (exact) mass is 345 g/mol. The summed E-state index contributed by atoms with van der Waals surface area (Å²) in [5.74, 6) is 0. The van der Waals surface area contributed by atoms with Crippen molar-refractivity contribution in [1.82, 2.24) is 10.6 Å². The van der Waals surface area contributed by atoms with E-state index in [2.05, 4.69) is 16.7 Å². The molecule has 130 valence electrons. The van der Waals surface area contributed by atoms with Gasteiger partial charge in [-0.05, 0) is 40.1 Å². The van der Waals surface area contributed by atoms with Crippen molar-refractivity contribution in [2.24, 2.45) is 0 Å². The molecule has 0 fully saturated rings. The maximum absolute atomic E-state index is 11.9. The molecule has 3 N–H and O–H groups in total. The lowest BCUT2D eigenvalue weighted by Gasteiger charge is -2.14. The van der Waals surface area contributed by atoms with Crippen LogP contribution in [0.2, 0.25) is 0 Å². The second kappa shape index (κ2) is 8.15. The average Bonchev–Trinajstić information content (AvgIpc) is 2.70. The van der Waals surface area contributed by atoms with E-state index in [0.29, 0.717) is 12.1 Å². The predicted octanol–water partition coefficient (Wildman–Crippen LogP) is 3.24. The number of benzene rings is 3. The van der Waals surface area contributed by atoms with Crippen LogP contribution >= 0.6 is 0 Å². The fourth-order valence-electron chi connectivity index (χ4n) is 2.66. The highest BCUT2D eigenvalue weighted by atomic mass is 16.3. The Kier molecular flexibility index (Phi) is 5.47. The van der Waals surface area contributed by atoms with Crippen LogP contribution in [0.1, 0.15) is 22.8 Å². The number of carbonyl (C=O) groups is 1. The molecule has 1 atom stereocenters. The summed E-state index contributed by atoms with van der Waals surface area (Å²) < 4.78 is 0. The zero-order valence-corrected chi connectivity index (χ0v) is 14.1. The molecule has 0 saturated heterocycles. The van der Waals surface area contributed by atoms with Crippen molar-refractivity contribution in [2.45, 2.75) is 12.6 Å². The van der Waals surface area contributed by atoms with Gasteiger partial charge in [0.05, 0.1) is 17.7 Å². The van der Waals surface area contributed by atoms with Gasteiger partial charge in [-0.3, -0.25) is 0 Å². The molecule has 2 amide bonds. The Hall–Kier alpha value is -3.36. The fraction of sp³-hybridized carbons (Fsp3) is 0.143. The van der Waals surface area contributed by atoms with Crippen LogP contribution in [0.15, 0.2) is 66.7 Å². The van der Waals surface area contributed by atoms with Crippen molar-refractivity contribution in [3.05, 3.63) is 83.4 Å². The molecule has 0 saturated carbocycles. The van der Waals surface area contributed by atoms with E-state index < -0.39 is 6.10 Å². The van der Waals surface area contributed by atoms with Crippen molar-refractivity contribution in [3.63, 3.8) is 0 Å². The number of rotatable bonds is 5. The Morgan fingerprint density at radius 2 is 1.73 bits per heavy atom. The topological polar surface area (TPSA) is 85.2 Å². The molecule has 0 radical (unpaired) electrons. The number of aliphatic hydroxyl groups excluding tert-OH is 1. The fourth-order valence-corrected chi connectivity index (χ4v) is 2.66. The zero-order valence-electron chi connectivity index (χ0n) is 14.1. The summed E-state index contributed by atoms with van der Waals surface area (Å²) in [6, 6.07) is 22.4. The summed E-state index contributed by atoms with van der Waals surface area (Å²) in [6.45, 7) is 0.473. The van der Waals surface area contributed by atoms with Crippen LogP contribution in [-0.4, -0.2) is 17.7 Å². The number of aliphatic hydroxyl groups is 1. The molecule has 1 unspecified atom stereocenters. The number of urea groups is 1. The van der Waals surface area contributed by atoms with Gasteiger partial charge in [0.2, 0.25) is 0 Å². The maximum atomic E-state index is 11.9. The quantitative estimate of drug-likeness (QED) is 0.663. The Bertz CT molecular complexity index is 945. The summed E-state index contributed by atoms with van der Waals surface area (Å²) in [7, 11) is 0. The number of nitrogens with one attached hydrogen (secondary N) is 2. The zero-order chi connectivity index (χ0) is 18.4. The Labute approximate surface area is 151 Å². The van der Waals surface area contributed by atoms with Gasteiger partial charge in [0.1, 0.15) is 0 Å². The second-order valence-corrected chi connectivity index (χ2v) is 5.99. The van der Waals surface area contributed by atoms with E-state index >= 15 is 0 Å². The molecule has 5 heteroatoms. The molecule has 26 heavy (non-hydrogen) atoms. The van der Waals surface area contributed by atoms with Crippen molar-refractivity contribution in [2.75, 3.05) is 6.54 Å². The van der Waals surface area contributed by atoms with Crippen LogP contribution in [-0.2, 0) is 6.54 Å². The van der Waals surface area contributed by atoms with Crippen molar-refractivity contribution >= 4 is 16.8 Å². The SMILES string of the molecule is N#Cc1ccc(CNC(=O)NCC(O)c2ccc3ccccc3c2)cc1. The van der Waals surface area contributed by atoms with E-state index in [-0.39, 0.29) is 12.6 Å². The highest BCUT2D eigenvalue weighted by Crippen LogP contribution is 2.20. The number of hydrogen-bond acceptors (Lipinski definition) is 3. The first-order valence-corrected chi connectivity index (χ1v) is 8.33. The Balaban J connectivity index is 1.50.